The number of carbonyl (C=O) groups excluding carboxylic acids is 1. The van der Waals surface area contributed by atoms with Gasteiger partial charge in [0.2, 0.25) is 0 Å². The highest BCUT2D eigenvalue weighted by Crippen LogP contribution is 2.33. The van der Waals surface area contributed by atoms with Crippen molar-refractivity contribution in [2.24, 2.45) is 0 Å². The second kappa shape index (κ2) is 10.1. The number of hydrogen-bond donors (Lipinski definition) is 0. The fourth-order valence-corrected chi connectivity index (χ4v) is 5.82. The molecule has 1 amide bonds. The van der Waals surface area contributed by atoms with E-state index in [0.29, 0.717) is 50.9 Å². The van der Waals surface area contributed by atoms with E-state index in [1.165, 1.54) is 21.1 Å². The van der Waals surface area contributed by atoms with Crippen LogP contribution in [0.2, 0.25) is 5.02 Å². The average Bonchev–Trinajstić information content (AvgIpc) is 3.14. The molecular weight excluding hydrogens is 514 g/mol. The molecule has 0 spiro atoms. The Balaban J connectivity index is 1.54. The maximum Gasteiger partial charge on any atom is 0.267 e. The number of carbonyl (C=O) groups is 1. The molecule has 0 N–H and O–H groups in total. The lowest BCUT2D eigenvalue weighted by atomic mass is 10.2. The fourth-order valence-electron chi connectivity index (χ4n) is 4.38. The molecule has 2 aromatic heterocycles. The first-order valence-electron chi connectivity index (χ1n) is 11.5. The summed E-state index contributed by atoms with van der Waals surface area (Å²) in [6.45, 7) is 8.78. The van der Waals surface area contributed by atoms with Crippen molar-refractivity contribution in [2.45, 2.75) is 6.92 Å². The topological polar surface area (TPSA) is 61.2 Å². The van der Waals surface area contributed by atoms with Gasteiger partial charge < -0.3 is 9.80 Å². The first-order chi connectivity index (χ1) is 17.4. The highest BCUT2D eigenvalue weighted by atomic mass is 35.5. The second-order valence-corrected chi connectivity index (χ2v) is 10.7. The normalized spacial score (nSPS) is 17.5. The van der Waals surface area contributed by atoms with Crippen LogP contribution in [0.4, 0.5) is 11.5 Å². The monoisotopic (exact) mass is 537 g/mol. The highest BCUT2D eigenvalue weighted by Gasteiger charge is 2.32. The largest absolute Gasteiger partial charge is 0.368 e. The summed E-state index contributed by atoms with van der Waals surface area (Å²) in [5.41, 5.74) is 2.74. The van der Waals surface area contributed by atoms with E-state index in [9.17, 15) is 9.59 Å². The van der Waals surface area contributed by atoms with Gasteiger partial charge in [-0.05, 0) is 42.8 Å². The molecular formula is C26H24ClN5O2S2. The Morgan fingerprint density at radius 3 is 2.61 bits per heavy atom. The molecule has 0 radical (unpaired) electrons. The molecule has 2 saturated heterocycles. The van der Waals surface area contributed by atoms with Crippen molar-refractivity contribution in [3.8, 4) is 0 Å². The Bertz CT molecular complexity index is 1480. The van der Waals surface area contributed by atoms with Crippen LogP contribution in [0.5, 0.6) is 0 Å². The lowest BCUT2D eigenvalue weighted by molar-refractivity contribution is -0.121. The number of fused-ring (bicyclic) bond motifs is 1. The van der Waals surface area contributed by atoms with Crippen LogP contribution >= 0.6 is 35.6 Å². The first kappa shape index (κ1) is 24.5. The zero-order valence-electron chi connectivity index (χ0n) is 19.7. The van der Waals surface area contributed by atoms with Crippen LogP contribution in [-0.4, -0.2) is 57.2 Å². The molecule has 7 nitrogen and oxygen atoms in total. The van der Waals surface area contributed by atoms with E-state index in [-0.39, 0.29) is 11.5 Å². The molecule has 0 atom stereocenters. The van der Waals surface area contributed by atoms with Crippen molar-refractivity contribution in [3.05, 3.63) is 86.7 Å². The van der Waals surface area contributed by atoms with Crippen LogP contribution in [0.1, 0.15) is 11.1 Å². The molecule has 4 heterocycles. The van der Waals surface area contributed by atoms with Crippen molar-refractivity contribution >= 4 is 69.0 Å². The van der Waals surface area contributed by atoms with Gasteiger partial charge in [0, 0.05) is 49.6 Å². The number of pyridine rings is 1. The molecule has 2 aliphatic rings. The molecule has 5 rings (SSSR count). The summed E-state index contributed by atoms with van der Waals surface area (Å²) in [6, 6.07) is 11.6. The summed E-state index contributed by atoms with van der Waals surface area (Å²) < 4.78 is 1.99. The first-order valence-corrected chi connectivity index (χ1v) is 13.1. The van der Waals surface area contributed by atoms with E-state index < -0.39 is 0 Å². The SMILES string of the molecule is C=CCN1C(=O)/C(=C/c2c(N3CCN(c4cccc(Cl)c4)CC3)nc3ccc(C)cn3c2=O)SC1=S. The number of nitrogens with zero attached hydrogens (tertiary/aromatic N) is 5. The van der Waals surface area contributed by atoms with Crippen molar-refractivity contribution in [3.63, 3.8) is 0 Å². The quantitative estimate of drug-likeness (QED) is 0.272. The predicted octanol–water partition coefficient (Wildman–Crippen LogP) is 4.37. The molecule has 10 heteroatoms. The second-order valence-electron chi connectivity index (χ2n) is 8.62. The van der Waals surface area contributed by atoms with Crippen LogP contribution in [0, 0.1) is 6.92 Å². The third-order valence-electron chi connectivity index (χ3n) is 6.20. The van der Waals surface area contributed by atoms with Crippen LogP contribution in [-0.2, 0) is 4.79 Å². The molecule has 36 heavy (non-hydrogen) atoms. The number of aromatic nitrogens is 2. The van der Waals surface area contributed by atoms with Crippen LogP contribution in [0.15, 0.2) is 64.9 Å². The van der Waals surface area contributed by atoms with Crippen molar-refractivity contribution in [1.29, 1.82) is 0 Å². The zero-order valence-corrected chi connectivity index (χ0v) is 22.1. The molecule has 184 valence electrons. The number of thiocarbonyl (C=S) groups is 1. The Hall–Kier alpha value is -3.14. The smallest absolute Gasteiger partial charge is 0.267 e. The Kier molecular flexibility index (Phi) is 6.87. The summed E-state index contributed by atoms with van der Waals surface area (Å²) in [4.78, 5) is 37.8. The molecule has 0 aliphatic carbocycles. The van der Waals surface area contributed by atoms with E-state index in [4.69, 9.17) is 28.8 Å². The summed E-state index contributed by atoms with van der Waals surface area (Å²) in [5, 5.41) is 0.700. The Labute approximate surface area is 223 Å². The number of amides is 1. The summed E-state index contributed by atoms with van der Waals surface area (Å²) in [5.74, 6) is 0.346. The predicted molar refractivity (Wildman–Crippen MR) is 152 cm³/mol. The molecule has 0 bridgehead atoms. The van der Waals surface area contributed by atoms with E-state index >= 15 is 0 Å². The highest BCUT2D eigenvalue weighted by molar-refractivity contribution is 8.26. The van der Waals surface area contributed by atoms with Crippen LogP contribution < -0.4 is 15.4 Å². The maximum absolute atomic E-state index is 13.7. The van der Waals surface area contributed by atoms with Gasteiger partial charge in [-0.25, -0.2) is 4.98 Å². The Morgan fingerprint density at radius 1 is 1.14 bits per heavy atom. The van der Waals surface area contributed by atoms with Gasteiger partial charge in [-0.3, -0.25) is 18.9 Å². The number of aryl methyl sites for hydroxylation is 1. The van der Waals surface area contributed by atoms with Crippen LogP contribution in [0.25, 0.3) is 11.7 Å². The molecule has 0 saturated carbocycles. The summed E-state index contributed by atoms with van der Waals surface area (Å²) in [6.07, 6.45) is 5.05. The average molecular weight is 538 g/mol. The van der Waals surface area contributed by atoms with Gasteiger partial charge >= 0.3 is 0 Å². The minimum absolute atomic E-state index is 0.218. The molecule has 2 fully saturated rings. The number of hydrogen-bond acceptors (Lipinski definition) is 7. The van der Waals surface area contributed by atoms with Crippen molar-refractivity contribution < 1.29 is 4.79 Å². The summed E-state index contributed by atoms with van der Waals surface area (Å²) >= 11 is 12.8. The van der Waals surface area contributed by atoms with E-state index in [1.54, 1.807) is 18.3 Å². The zero-order chi connectivity index (χ0) is 25.4. The number of rotatable bonds is 5. The molecule has 1 aromatic carbocycles. The van der Waals surface area contributed by atoms with Gasteiger partial charge in [0.1, 0.15) is 15.8 Å². The minimum atomic E-state index is -0.227. The lowest BCUT2D eigenvalue weighted by Crippen LogP contribution is -2.47. The molecule has 3 aromatic rings. The van der Waals surface area contributed by atoms with Crippen molar-refractivity contribution in [2.75, 3.05) is 42.5 Å². The fraction of sp³-hybridized carbons (Fsp3) is 0.231. The Morgan fingerprint density at radius 2 is 1.89 bits per heavy atom. The van der Waals surface area contributed by atoms with E-state index in [0.717, 1.165) is 24.3 Å². The third-order valence-corrected chi connectivity index (χ3v) is 7.81. The number of halogens is 1. The van der Waals surface area contributed by atoms with E-state index in [1.807, 2.05) is 43.3 Å². The standard InChI is InChI=1S/C26H24ClN5O2S2/c1-3-9-31-25(34)21(36-26(31)35)15-20-23(28-22-8-7-17(2)16-32(22)24(20)33)30-12-10-29(11-13-30)19-6-4-5-18(27)14-19/h3-8,14-16H,1,9-13H2,2H3/b21-15-. The van der Waals surface area contributed by atoms with Gasteiger partial charge in [0.25, 0.3) is 11.5 Å². The number of benzene rings is 1. The molecule has 0 unspecified atom stereocenters. The maximum atomic E-state index is 13.7. The number of anilines is 2. The van der Waals surface area contributed by atoms with Crippen molar-refractivity contribution in [1.82, 2.24) is 14.3 Å². The summed E-state index contributed by atoms with van der Waals surface area (Å²) in [7, 11) is 0. The van der Waals surface area contributed by atoms with Crippen LogP contribution in [0.3, 0.4) is 0 Å². The number of thioether (sulfide) groups is 1. The van der Waals surface area contributed by atoms with Gasteiger partial charge in [-0.1, -0.05) is 53.8 Å². The van der Waals surface area contributed by atoms with Gasteiger partial charge in [-0.2, -0.15) is 0 Å². The lowest BCUT2D eigenvalue weighted by Gasteiger charge is -2.37. The minimum Gasteiger partial charge on any atom is -0.368 e. The van der Waals surface area contributed by atoms with Gasteiger partial charge in [-0.15, -0.1) is 6.58 Å². The third kappa shape index (κ3) is 4.66. The van der Waals surface area contributed by atoms with E-state index in [2.05, 4.69) is 16.4 Å². The number of piperazine rings is 1. The van der Waals surface area contributed by atoms with Gasteiger partial charge in [0.15, 0.2) is 0 Å². The molecule has 2 aliphatic heterocycles. The van der Waals surface area contributed by atoms with Gasteiger partial charge in [0.05, 0.1) is 10.5 Å².